The Balaban J connectivity index is 0.686. The highest BCUT2D eigenvalue weighted by molar-refractivity contribution is 6.06. The molecule has 0 bridgehead atoms. The van der Waals surface area contributed by atoms with E-state index in [-0.39, 0.29) is 59.4 Å². The number of hydrogen-bond donors (Lipinski definition) is 2. The Hall–Kier alpha value is -6.08. The van der Waals surface area contributed by atoms with E-state index in [0.717, 1.165) is 89.2 Å². The average Bonchev–Trinajstić information content (AvgIpc) is 4.09. The van der Waals surface area contributed by atoms with Gasteiger partial charge in [-0.05, 0) is 135 Å². The third-order valence-electron chi connectivity index (χ3n) is 17.7. The van der Waals surface area contributed by atoms with E-state index in [1.54, 1.807) is 36.2 Å². The molecule has 12 rings (SSSR count). The summed E-state index contributed by atoms with van der Waals surface area (Å²) in [5.74, 6) is -0.986. The van der Waals surface area contributed by atoms with Crippen LogP contribution >= 0.6 is 0 Å². The number of imide groups is 1. The quantitative estimate of drug-likeness (QED) is 0.0862. The largest absolute Gasteiger partial charge is 0.468 e. The number of β-amino-alcohol motifs (C(OH)–C–C–N with tert-alkyl or cyclic N) is 1. The second kappa shape index (κ2) is 19.5. The van der Waals surface area contributed by atoms with Crippen LogP contribution in [0.1, 0.15) is 99.5 Å². The number of aliphatic hydroxyl groups is 1. The minimum absolute atomic E-state index is 0.00672. The van der Waals surface area contributed by atoms with Crippen LogP contribution in [0.15, 0.2) is 48.7 Å². The molecule has 396 valence electrons. The summed E-state index contributed by atoms with van der Waals surface area (Å²) in [7, 11) is 1.52. The number of pyridine rings is 1. The maximum Gasteiger partial charge on any atom is 0.319 e. The van der Waals surface area contributed by atoms with Gasteiger partial charge in [-0.15, -0.1) is 0 Å². The van der Waals surface area contributed by atoms with Gasteiger partial charge < -0.3 is 38.9 Å². The molecule has 1 unspecified atom stereocenters. The van der Waals surface area contributed by atoms with Crippen molar-refractivity contribution in [3.63, 3.8) is 0 Å². The van der Waals surface area contributed by atoms with Crippen LogP contribution in [0.5, 0.6) is 11.8 Å². The number of methoxy groups -OCH3 is 1. The number of aryl methyl sites for hydroxylation is 1. The Morgan fingerprint density at radius 2 is 1.68 bits per heavy atom. The fourth-order valence-electron chi connectivity index (χ4n) is 13.3. The summed E-state index contributed by atoms with van der Waals surface area (Å²) in [5.41, 5.74) is 2.94. The van der Waals surface area contributed by atoms with Crippen LogP contribution in [0, 0.1) is 22.5 Å². The van der Waals surface area contributed by atoms with E-state index in [2.05, 4.69) is 26.1 Å². The zero-order valence-corrected chi connectivity index (χ0v) is 43.3. The predicted octanol–water partition coefficient (Wildman–Crippen LogP) is 7.01. The van der Waals surface area contributed by atoms with E-state index < -0.39 is 17.5 Å². The van der Waals surface area contributed by atoms with Gasteiger partial charge in [-0.25, -0.2) is 8.78 Å². The van der Waals surface area contributed by atoms with Crippen molar-refractivity contribution in [3.05, 3.63) is 77.0 Å². The number of halogens is 2. The molecule has 2 aromatic heterocycles. The first-order valence-electron chi connectivity index (χ1n) is 27.0. The minimum Gasteiger partial charge on any atom is -0.468 e. The molecular formula is C57H67F2N9O7. The molecule has 7 heterocycles. The maximum absolute atomic E-state index is 17.4. The smallest absolute Gasteiger partial charge is 0.319 e. The topological polar surface area (TPSA) is 166 Å². The summed E-state index contributed by atoms with van der Waals surface area (Å²) in [6.07, 6.45) is 10.7. The molecule has 5 aromatic rings. The van der Waals surface area contributed by atoms with E-state index in [4.69, 9.17) is 29.2 Å². The lowest BCUT2D eigenvalue weighted by atomic mass is 9.60. The first-order valence-corrected chi connectivity index (χ1v) is 27.0. The first kappa shape index (κ1) is 49.8. The highest BCUT2D eigenvalue weighted by atomic mass is 19.1. The normalized spacial score (nSPS) is 24.0. The number of fused-ring (bicyclic) bond motifs is 3. The number of nitrogens with zero attached hydrogens (tertiary/aromatic N) is 8. The van der Waals surface area contributed by atoms with Crippen LogP contribution in [0.3, 0.4) is 0 Å². The number of benzene rings is 3. The molecule has 2 saturated carbocycles. The number of piperazine rings is 1. The van der Waals surface area contributed by atoms with Gasteiger partial charge in [-0.3, -0.25) is 29.6 Å². The molecule has 16 nitrogen and oxygen atoms in total. The minimum atomic E-state index is -0.964. The van der Waals surface area contributed by atoms with Gasteiger partial charge in [0.15, 0.2) is 12.6 Å². The number of aromatic nitrogens is 3. The van der Waals surface area contributed by atoms with Crippen molar-refractivity contribution in [1.82, 2.24) is 35.0 Å². The molecule has 2 atom stereocenters. The van der Waals surface area contributed by atoms with Crippen molar-refractivity contribution >= 4 is 50.9 Å². The Labute approximate surface area is 435 Å². The van der Waals surface area contributed by atoms with E-state index in [1.165, 1.54) is 26.0 Å². The molecule has 3 amide bonds. The summed E-state index contributed by atoms with van der Waals surface area (Å²) in [4.78, 5) is 63.2. The summed E-state index contributed by atoms with van der Waals surface area (Å²) in [6, 6.07) is 12.7. The van der Waals surface area contributed by atoms with Crippen molar-refractivity contribution in [2.24, 2.45) is 10.8 Å². The Kier molecular flexibility index (Phi) is 12.9. The number of hydrogen-bond acceptors (Lipinski definition) is 14. The first-order chi connectivity index (χ1) is 36.2. The SMILES string of the molecule is CCc1c(F)ccc2cc(OCOC)cc(-c3ncc4c(N5CCC[C@@](C)(O)C5)nc(OCC5(CN6CCN(C7CC8(CCN(c9ccc%10c(c9)CN(C9CCC(=O)NC9=O)C%10=O)CC8)C7)CC6)CC5)nc4c3F)c12. The van der Waals surface area contributed by atoms with Crippen molar-refractivity contribution in [2.75, 3.05) is 89.2 Å². The number of nitrogens with one attached hydrogen (secondary N) is 1. The third-order valence-corrected chi connectivity index (χ3v) is 17.7. The molecule has 6 fully saturated rings. The van der Waals surface area contributed by atoms with Gasteiger partial charge in [0.1, 0.15) is 34.6 Å². The van der Waals surface area contributed by atoms with Crippen LogP contribution in [0.2, 0.25) is 0 Å². The number of carbonyl (C=O) groups is 3. The molecule has 3 aromatic carbocycles. The van der Waals surface area contributed by atoms with Crippen molar-refractivity contribution in [3.8, 4) is 23.0 Å². The highest BCUT2D eigenvalue weighted by Crippen LogP contribution is 2.52. The lowest BCUT2D eigenvalue weighted by Gasteiger charge is -2.56. The van der Waals surface area contributed by atoms with Gasteiger partial charge in [-0.1, -0.05) is 13.0 Å². The van der Waals surface area contributed by atoms with Gasteiger partial charge in [-0.2, -0.15) is 9.97 Å². The molecule has 2 aliphatic carbocycles. The molecule has 1 spiro atoms. The number of carbonyl (C=O) groups excluding carboxylic acids is 3. The highest BCUT2D eigenvalue weighted by Gasteiger charge is 2.50. The Morgan fingerprint density at radius 3 is 2.41 bits per heavy atom. The fourth-order valence-corrected chi connectivity index (χ4v) is 13.3. The van der Waals surface area contributed by atoms with Crippen LogP contribution in [0.4, 0.5) is 20.3 Å². The van der Waals surface area contributed by atoms with Crippen molar-refractivity contribution in [1.29, 1.82) is 0 Å². The molecule has 4 saturated heterocycles. The van der Waals surface area contributed by atoms with Crippen molar-refractivity contribution < 1.29 is 42.5 Å². The maximum atomic E-state index is 17.4. The zero-order chi connectivity index (χ0) is 51.8. The second-order valence-electron chi connectivity index (χ2n) is 22.9. The number of anilines is 2. The zero-order valence-electron chi connectivity index (χ0n) is 43.3. The summed E-state index contributed by atoms with van der Waals surface area (Å²) in [5, 5.41) is 15.2. The van der Waals surface area contributed by atoms with E-state index >= 15 is 8.78 Å². The number of rotatable bonds is 14. The molecule has 2 N–H and O–H groups in total. The summed E-state index contributed by atoms with van der Waals surface area (Å²) >= 11 is 0. The lowest BCUT2D eigenvalue weighted by molar-refractivity contribution is -0.136. The molecule has 18 heteroatoms. The number of ether oxygens (including phenoxy) is 3. The number of piperidine rings is 3. The molecule has 7 aliphatic rings. The van der Waals surface area contributed by atoms with Gasteiger partial charge in [0, 0.05) is 113 Å². The van der Waals surface area contributed by atoms with Gasteiger partial charge in [0.25, 0.3) is 5.91 Å². The van der Waals surface area contributed by atoms with E-state index in [0.29, 0.717) is 101 Å². The molecule has 5 aliphatic heterocycles. The van der Waals surface area contributed by atoms with Crippen molar-refractivity contribution in [2.45, 2.75) is 109 Å². The number of amides is 3. The van der Waals surface area contributed by atoms with Crippen LogP contribution in [-0.2, 0) is 27.3 Å². The third kappa shape index (κ3) is 9.54. The Morgan fingerprint density at radius 1 is 0.880 bits per heavy atom. The predicted molar refractivity (Wildman–Crippen MR) is 279 cm³/mol. The summed E-state index contributed by atoms with van der Waals surface area (Å²) in [6.45, 7) is 12.2. The van der Waals surface area contributed by atoms with Crippen LogP contribution in [-0.4, -0.2) is 150 Å². The summed E-state index contributed by atoms with van der Waals surface area (Å²) < 4.78 is 50.4. The molecule has 0 radical (unpaired) electrons. The van der Waals surface area contributed by atoms with E-state index in [9.17, 15) is 19.5 Å². The van der Waals surface area contributed by atoms with Crippen LogP contribution in [0.25, 0.3) is 32.9 Å². The van der Waals surface area contributed by atoms with Crippen LogP contribution < -0.4 is 24.6 Å². The van der Waals surface area contributed by atoms with E-state index in [1.807, 2.05) is 24.0 Å². The fraction of sp³-hybridized carbons (Fsp3) is 0.544. The molecular weight excluding hydrogens is 961 g/mol. The van der Waals surface area contributed by atoms with Gasteiger partial charge in [0.2, 0.25) is 11.8 Å². The Bertz CT molecular complexity index is 3070. The second-order valence-corrected chi connectivity index (χ2v) is 22.9. The molecule has 75 heavy (non-hydrogen) atoms. The monoisotopic (exact) mass is 1030 g/mol. The average molecular weight is 1030 g/mol. The standard InChI is InChI=1S/C57H67F2N9O7/c1-4-40-44(58)9-6-35-25-39(75-34-73-3)26-42(47(35)40)49-48(59)50-43(29-60-49)51(67-17-5-12-55(2,72)31-67)63-54(62-50)74-33-57(13-14-57)32-64-20-22-66(23-21-64)38-27-56(28-38)15-18-65(19-16-56)37-7-8-41-36(24-37)30-68(53(41)71)45-10-11-46(69)61-52(45)70/h6-9,24-26,29,38,45,72H,4-5,10-23,27-28,30-34H2,1-3H3,(H,61,69,70)/t45?,55-/m1/s1. The lowest BCUT2D eigenvalue weighted by Crippen LogP contribution is -2.59. The van der Waals surface area contributed by atoms with Gasteiger partial charge in [0.05, 0.1) is 17.6 Å². The van der Waals surface area contributed by atoms with Gasteiger partial charge >= 0.3 is 6.01 Å².